The Bertz CT molecular complexity index is 1080. The Hall–Kier alpha value is -2.77. The van der Waals surface area contributed by atoms with Gasteiger partial charge in [-0.2, -0.15) is 5.10 Å². The molecule has 0 spiro atoms. The molecule has 1 unspecified atom stereocenters. The van der Waals surface area contributed by atoms with Crippen LogP contribution in [0.25, 0.3) is 10.9 Å². The number of aryl methyl sites for hydroxylation is 1. The molecular formula is C25H29FN4O2. The van der Waals surface area contributed by atoms with Crippen LogP contribution in [-0.4, -0.2) is 51.9 Å². The molecule has 3 aromatic rings. The van der Waals surface area contributed by atoms with Crippen LogP contribution >= 0.6 is 0 Å². The van der Waals surface area contributed by atoms with Gasteiger partial charge in [-0.1, -0.05) is 37.3 Å². The van der Waals surface area contributed by atoms with E-state index in [1.807, 2.05) is 41.1 Å². The Morgan fingerprint density at radius 3 is 2.56 bits per heavy atom. The van der Waals surface area contributed by atoms with Crippen LogP contribution < -0.4 is 5.32 Å². The molecule has 1 aromatic heterocycles. The summed E-state index contributed by atoms with van der Waals surface area (Å²) in [4.78, 5) is 15.7. The van der Waals surface area contributed by atoms with Gasteiger partial charge in [-0.25, -0.2) is 4.39 Å². The molecule has 3 atom stereocenters. The molecule has 2 aliphatic heterocycles. The number of carbonyl (C=O) groups excluding carboxylic acids is 1. The van der Waals surface area contributed by atoms with Crippen molar-refractivity contribution < 1.29 is 13.9 Å². The lowest BCUT2D eigenvalue weighted by Gasteiger charge is -2.48. The summed E-state index contributed by atoms with van der Waals surface area (Å²) in [7, 11) is 0. The summed E-state index contributed by atoms with van der Waals surface area (Å²) in [6, 6.07) is 15.2. The summed E-state index contributed by atoms with van der Waals surface area (Å²) in [5, 5.41) is 8.79. The van der Waals surface area contributed by atoms with Crippen LogP contribution in [0.4, 0.5) is 4.39 Å². The van der Waals surface area contributed by atoms with E-state index >= 15 is 0 Å². The van der Waals surface area contributed by atoms with Crippen molar-refractivity contribution in [2.75, 3.05) is 13.2 Å². The first-order valence-electron chi connectivity index (χ1n) is 11.5. The van der Waals surface area contributed by atoms with E-state index in [2.05, 4.69) is 22.2 Å². The Labute approximate surface area is 187 Å². The molecule has 32 heavy (non-hydrogen) atoms. The number of morpholine rings is 1. The van der Waals surface area contributed by atoms with Gasteiger partial charge in [-0.3, -0.25) is 14.4 Å². The van der Waals surface area contributed by atoms with Crippen molar-refractivity contribution in [3.63, 3.8) is 0 Å². The highest BCUT2D eigenvalue weighted by atomic mass is 19.1. The standard InChI is InChI=1S/C25H29FN4O2/c1-2-11-30-23-6-4-3-5-22(23)24(28-30)25(31)27-19-12-20-15-32-16-21(13-19)29(20)14-17-7-9-18(26)10-8-17/h3-10,19-21H,2,11-16H2,1H3,(H,27,31)/t19?,20-,21+. The number of amides is 1. The third-order valence-electron chi connectivity index (χ3n) is 6.59. The van der Waals surface area contributed by atoms with E-state index in [0.717, 1.165) is 48.8 Å². The fourth-order valence-electron chi connectivity index (χ4n) is 5.10. The molecule has 1 N–H and O–H groups in total. The van der Waals surface area contributed by atoms with Crippen molar-refractivity contribution in [3.8, 4) is 0 Å². The summed E-state index contributed by atoms with van der Waals surface area (Å²) in [5.74, 6) is -0.320. The number of nitrogens with one attached hydrogen (secondary N) is 1. The van der Waals surface area contributed by atoms with Gasteiger partial charge in [0.05, 0.1) is 18.7 Å². The number of hydrogen-bond acceptors (Lipinski definition) is 4. The first-order valence-corrected chi connectivity index (χ1v) is 11.5. The molecule has 2 bridgehead atoms. The number of carbonyl (C=O) groups is 1. The van der Waals surface area contributed by atoms with Crippen molar-refractivity contribution in [1.29, 1.82) is 0 Å². The number of benzene rings is 2. The number of piperidine rings is 1. The minimum Gasteiger partial charge on any atom is -0.378 e. The summed E-state index contributed by atoms with van der Waals surface area (Å²) in [6.07, 6.45) is 2.62. The first kappa shape index (κ1) is 21.1. The number of rotatable bonds is 6. The lowest BCUT2D eigenvalue weighted by Crippen LogP contribution is -2.60. The monoisotopic (exact) mass is 436 g/mol. The fourth-order valence-corrected chi connectivity index (χ4v) is 5.10. The molecule has 5 rings (SSSR count). The summed E-state index contributed by atoms with van der Waals surface area (Å²) in [5.41, 5.74) is 2.60. The number of halogens is 1. The maximum Gasteiger partial charge on any atom is 0.272 e. The lowest BCUT2D eigenvalue weighted by molar-refractivity contribution is -0.0843. The predicted octanol–water partition coefficient (Wildman–Crippen LogP) is 3.75. The van der Waals surface area contributed by atoms with E-state index in [-0.39, 0.29) is 29.8 Å². The van der Waals surface area contributed by atoms with E-state index in [9.17, 15) is 9.18 Å². The molecule has 0 aliphatic carbocycles. The largest absolute Gasteiger partial charge is 0.378 e. The summed E-state index contributed by atoms with van der Waals surface area (Å²) >= 11 is 0. The quantitative estimate of drug-likeness (QED) is 0.640. The van der Waals surface area contributed by atoms with Crippen molar-refractivity contribution in [3.05, 3.63) is 65.6 Å². The molecular weight excluding hydrogens is 407 g/mol. The smallest absolute Gasteiger partial charge is 0.272 e. The van der Waals surface area contributed by atoms with Crippen molar-refractivity contribution in [1.82, 2.24) is 20.0 Å². The molecule has 3 heterocycles. The maximum atomic E-state index is 13.3. The van der Waals surface area contributed by atoms with Gasteiger partial charge in [-0.05, 0) is 43.0 Å². The fraction of sp³-hybridized carbons (Fsp3) is 0.440. The molecule has 168 valence electrons. The average Bonchev–Trinajstić information content (AvgIpc) is 3.15. The zero-order chi connectivity index (χ0) is 22.1. The van der Waals surface area contributed by atoms with E-state index in [1.54, 1.807) is 0 Å². The average molecular weight is 437 g/mol. The van der Waals surface area contributed by atoms with Crippen LogP contribution in [0.2, 0.25) is 0 Å². The highest BCUT2D eigenvalue weighted by Crippen LogP contribution is 2.30. The molecule has 6 nitrogen and oxygen atoms in total. The lowest BCUT2D eigenvalue weighted by atomic mass is 9.89. The van der Waals surface area contributed by atoms with Crippen LogP contribution in [0.1, 0.15) is 42.2 Å². The van der Waals surface area contributed by atoms with Gasteiger partial charge in [0.25, 0.3) is 5.91 Å². The van der Waals surface area contributed by atoms with E-state index in [1.165, 1.54) is 12.1 Å². The summed E-state index contributed by atoms with van der Waals surface area (Å²) in [6.45, 7) is 4.97. The molecule has 0 saturated carbocycles. The highest BCUT2D eigenvalue weighted by molar-refractivity contribution is 6.05. The number of aromatic nitrogens is 2. The van der Waals surface area contributed by atoms with Crippen LogP contribution in [0.5, 0.6) is 0 Å². The third kappa shape index (κ3) is 4.14. The first-order chi connectivity index (χ1) is 15.6. The highest BCUT2D eigenvalue weighted by Gasteiger charge is 2.39. The number of ether oxygens (including phenoxy) is 1. The zero-order valence-electron chi connectivity index (χ0n) is 18.3. The SMILES string of the molecule is CCCn1nc(C(=O)NC2C[C@H]3COC[C@@H](C2)N3Cc2ccc(F)cc2)c2ccccc21. The van der Waals surface area contributed by atoms with E-state index in [0.29, 0.717) is 18.9 Å². The van der Waals surface area contributed by atoms with Gasteiger partial charge < -0.3 is 10.1 Å². The van der Waals surface area contributed by atoms with Crippen LogP contribution in [0.15, 0.2) is 48.5 Å². The van der Waals surface area contributed by atoms with Crippen molar-refractivity contribution >= 4 is 16.8 Å². The third-order valence-corrected chi connectivity index (χ3v) is 6.59. The molecule has 2 aromatic carbocycles. The minimum absolute atomic E-state index is 0.0842. The summed E-state index contributed by atoms with van der Waals surface area (Å²) < 4.78 is 21.0. The maximum absolute atomic E-state index is 13.3. The van der Waals surface area contributed by atoms with Gasteiger partial charge in [0, 0.05) is 36.6 Å². The molecule has 1 amide bonds. The normalized spacial score (nSPS) is 23.4. The second kappa shape index (κ2) is 9.00. The van der Waals surface area contributed by atoms with Crippen molar-refractivity contribution in [2.24, 2.45) is 0 Å². The second-order valence-corrected chi connectivity index (χ2v) is 8.87. The van der Waals surface area contributed by atoms with Crippen LogP contribution in [0, 0.1) is 5.82 Å². The Morgan fingerprint density at radius 1 is 1.12 bits per heavy atom. The molecule has 7 heteroatoms. The topological polar surface area (TPSA) is 59.4 Å². The van der Waals surface area contributed by atoms with Crippen molar-refractivity contribution in [2.45, 2.75) is 57.4 Å². The number of fused-ring (bicyclic) bond motifs is 3. The predicted molar refractivity (Wildman–Crippen MR) is 121 cm³/mol. The van der Waals surface area contributed by atoms with Crippen LogP contribution in [-0.2, 0) is 17.8 Å². The van der Waals surface area contributed by atoms with E-state index < -0.39 is 0 Å². The number of hydrogen-bond donors (Lipinski definition) is 1. The molecule has 2 saturated heterocycles. The molecule has 0 radical (unpaired) electrons. The molecule has 2 fully saturated rings. The zero-order valence-corrected chi connectivity index (χ0v) is 18.3. The van der Waals surface area contributed by atoms with Gasteiger partial charge in [0.1, 0.15) is 5.82 Å². The Morgan fingerprint density at radius 2 is 1.84 bits per heavy atom. The van der Waals surface area contributed by atoms with E-state index in [4.69, 9.17) is 4.74 Å². The Kier molecular flexibility index (Phi) is 5.93. The van der Waals surface area contributed by atoms with Gasteiger partial charge in [0.15, 0.2) is 5.69 Å². The number of para-hydroxylation sites is 1. The van der Waals surface area contributed by atoms with Gasteiger partial charge in [0.2, 0.25) is 0 Å². The second-order valence-electron chi connectivity index (χ2n) is 8.87. The van der Waals surface area contributed by atoms with Gasteiger partial charge in [-0.15, -0.1) is 0 Å². The Balaban J connectivity index is 1.30. The molecule has 2 aliphatic rings. The number of nitrogens with zero attached hydrogens (tertiary/aromatic N) is 3. The van der Waals surface area contributed by atoms with Gasteiger partial charge >= 0.3 is 0 Å². The minimum atomic E-state index is -0.215. The van der Waals surface area contributed by atoms with Crippen LogP contribution in [0.3, 0.4) is 0 Å².